The molecule has 0 aromatic carbocycles. The third kappa shape index (κ3) is 2.50. The molecule has 2 atom stereocenters. The molecule has 2 aromatic rings. The average Bonchev–Trinajstić information content (AvgIpc) is 3.17. The van der Waals surface area contributed by atoms with Gasteiger partial charge in [0.15, 0.2) is 0 Å². The fourth-order valence-corrected chi connectivity index (χ4v) is 3.82. The van der Waals surface area contributed by atoms with E-state index in [9.17, 15) is 4.79 Å². The second-order valence-electron chi connectivity index (χ2n) is 7.86. The molecule has 1 amide bonds. The molecule has 1 aliphatic carbocycles. The maximum atomic E-state index is 12.7. The highest BCUT2D eigenvalue weighted by Gasteiger charge is 2.41. The molecule has 2 aliphatic rings. The van der Waals surface area contributed by atoms with Crippen LogP contribution in [0, 0.1) is 5.92 Å². The maximum Gasteiger partial charge on any atom is 0.274 e. The van der Waals surface area contributed by atoms with Gasteiger partial charge >= 0.3 is 0 Å². The molecule has 6 nitrogen and oxygen atoms in total. The summed E-state index contributed by atoms with van der Waals surface area (Å²) < 4.78 is 2.08. The van der Waals surface area contributed by atoms with Crippen LogP contribution in [0.1, 0.15) is 54.9 Å². The number of fused-ring (bicyclic) bond motifs is 3. The number of nitrogens with zero attached hydrogens (tertiary/aromatic N) is 5. The first kappa shape index (κ1) is 15.3. The zero-order valence-corrected chi connectivity index (χ0v) is 14.4. The molecule has 1 saturated heterocycles. The first-order chi connectivity index (χ1) is 11.4. The highest BCUT2D eigenvalue weighted by molar-refractivity contribution is 5.92. The van der Waals surface area contributed by atoms with Gasteiger partial charge in [0, 0.05) is 37.6 Å². The average molecular weight is 325 g/mol. The van der Waals surface area contributed by atoms with Crippen molar-refractivity contribution in [3.63, 3.8) is 0 Å². The van der Waals surface area contributed by atoms with Crippen LogP contribution in [-0.2, 0) is 12.0 Å². The molecular weight excluding hydrogens is 302 g/mol. The predicted molar refractivity (Wildman–Crippen MR) is 89.7 cm³/mol. The normalized spacial score (nSPS) is 23.0. The molecule has 0 N–H and O–H groups in total. The Hall–Kier alpha value is -2.24. The van der Waals surface area contributed by atoms with Gasteiger partial charge in [-0.05, 0) is 45.1 Å². The first-order valence-electron chi connectivity index (χ1n) is 8.57. The van der Waals surface area contributed by atoms with Crippen molar-refractivity contribution in [1.29, 1.82) is 0 Å². The fraction of sp³-hybridized carbons (Fsp3) is 0.556. The van der Waals surface area contributed by atoms with E-state index < -0.39 is 0 Å². The van der Waals surface area contributed by atoms with Gasteiger partial charge in [0.05, 0.1) is 17.4 Å². The summed E-state index contributed by atoms with van der Waals surface area (Å²) in [6.45, 7) is 8.03. The standard InChI is InChI=1S/C18H23N5O/c1-18(2,3)23-10-13-5-4-12-9-22(11-14(12)16(13)21-23)17(24)15-8-19-6-7-20-15/h6-8,10,12,14H,4-5,9,11H2,1-3H3/t12-,14+/m1/s1. The lowest BCUT2D eigenvalue weighted by molar-refractivity contribution is 0.0779. The molecule has 6 heteroatoms. The molecule has 0 radical (unpaired) electrons. The molecule has 24 heavy (non-hydrogen) atoms. The van der Waals surface area contributed by atoms with Crippen molar-refractivity contribution in [2.24, 2.45) is 5.92 Å². The van der Waals surface area contributed by atoms with Gasteiger partial charge in [-0.2, -0.15) is 5.10 Å². The Morgan fingerprint density at radius 2 is 2.08 bits per heavy atom. The molecule has 1 aliphatic heterocycles. The van der Waals surface area contributed by atoms with E-state index in [4.69, 9.17) is 5.10 Å². The van der Waals surface area contributed by atoms with Crippen LogP contribution < -0.4 is 0 Å². The van der Waals surface area contributed by atoms with Crippen molar-refractivity contribution in [3.05, 3.63) is 41.7 Å². The van der Waals surface area contributed by atoms with Gasteiger partial charge in [-0.3, -0.25) is 14.5 Å². The summed E-state index contributed by atoms with van der Waals surface area (Å²) in [5.41, 5.74) is 2.95. The van der Waals surface area contributed by atoms with E-state index in [1.165, 1.54) is 11.3 Å². The van der Waals surface area contributed by atoms with Crippen LogP contribution >= 0.6 is 0 Å². The summed E-state index contributed by atoms with van der Waals surface area (Å²) in [4.78, 5) is 22.7. The Labute approximate surface area is 141 Å². The number of rotatable bonds is 1. The highest BCUT2D eigenvalue weighted by atomic mass is 16.2. The Bertz CT molecular complexity index is 761. The van der Waals surface area contributed by atoms with Crippen molar-refractivity contribution in [2.75, 3.05) is 13.1 Å². The Balaban J connectivity index is 1.59. The van der Waals surface area contributed by atoms with Crippen LogP contribution in [-0.4, -0.2) is 43.6 Å². The molecule has 0 unspecified atom stereocenters. The van der Waals surface area contributed by atoms with Gasteiger partial charge in [-0.15, -0.1) is 0 Å². The molecule has 4 rings (SSSR count). The molecule has 0 spiro atoms. The number of carbonyl (C=O) groups excluding carboxylic acids is 1. The van der Waals surface area contributed by atoms with Crippen LogP contribution in [0.3, 0.4) is 0 Å². The summed E-state index contributed by atoms with van der Waals surface area (Å²) in [5, 5.41) is 4.88. The highest BCUT2D eigenvalue weighted by Crippen LogP contribution is 2.41. The molecule has 0 bridgehead atoms. The zero-order valence-electron chi connectivity index (χ0n) is 14.4. The minimum Gasteiger partial charge on any atom is -0.336 e. The van der Waals surface area contributed by atoms with E-state index in [-0.39, 0.29) is 11.4 Å². The van der Waals surface area contributed by atoms with Crippen molar-refractivity contribution in [3.8, 4) is 0 Å². The lowest BCUT2D eigenvalue weighted by atomic mass is 9.81. The molecular formula is C18H23N5O. The van der Waals surface area contributed by atoms with Crippen LogP contribution in [0.4, 0.5) is 0 Å². The molecule has 0 saturated carbocycles. The summed E-state index contributed by atoms with van der Waals surface area (Å²) in [6, 6.07) is 0. The van der Waals surface area contributed by atoms with E-state index in [0.717, 1.165) is 25.9 Å². The van der Waals surface area contributed by atoms with E-state index in [1.807, 2.05) is 4.90 Å². The minimum absolute atomic E-state index is 0.0133. The van der Waals surface area contributed by atoms with Crippen LogP contribution in [0.15, 0.2) is 24.8 Å². The third-order valence-electron chi connectivity index (χ3n) is 5.16. The van der Waals surface area contributed by atoms with Gasteiger partial charge in [-0.1, -0.05) is 0 Å². The van der Waals surface area contributed by atoms with Crippen LogP contribution in [0.2, 0.25) is 0 Å². The van der Waals surface area contributed by atoms with E-state index in [0.29, 0.717) is 17.5 Å². The van der Waals surface area contributed by atoms with Gasteiger partial charge in [0.2, 0.25) is 0 Å². The Kier molecular flexibility index (Phi) is 3.44. The van der Waals surface area contributed by atoms with Crippen LogP contribution in [0.25, 0.3) is 0 Å². The number of amides is 1. The number of carbonyl (C=O) groups is 1. The largest absolute Gasteiger partial charge is 0.336 e. The quantitative estimate of drug-likeness (QED) is 0.806. The number of aromatic nitrogens is 4. The smallest absolute Gasteiger partial charge is 0.274 e. The second-order valence-corrected chi connectivity index (χ2v) is 7.86. The van der Waals surface area contributed by atoms with E-state index >= 15 is 0 Å². The lowest BCUT2D eigenvalue weighted by Gasteiger charge is -2.22. The van der Waals surface area contributed by atoms with Gasteiger partial charge in [0.1, 0.15) is 5.69 Å². The van der Waals surface area contributed by atoms with Gasteiger partial charge in [0.25, 0.3) is 5.91 Å². The number of hydrogen-bond donors (Lipinski definition) is 0. The fourth-order valence-electron chi connectivity index (χ4n) is 3.82. The van der Waals surface area contributed by atoms with Crippen molar-refractivity contribution >= 4 is 5.91 Å². The number of likely N-dealkylation sites (tertiary alicyclic amines) is 1. The third-order valence-corrected chi connectivity index (χ3v) is 5.16. The van der Waals surface area contributed by atoms with E-state index in [2.05, 4.69) is 41.6 Å². The van der Waals surface area contributed by atoms with Crippen molar-refractivity contribution in [1.82, 2.24) is 24.6 Å². The summed E-state index contributed by atoms with van der Waals surface area (Å²) in [7, 11) is 0. The minimum atomic E-state index is -0.0192. The van der Waals surface area contributed by atoms with Gasteiger partial charge in [-0.25, -0.2) is 4.98 Å². The van der Waals surface area contributed by atoms with Crippen molar-refractivity contribution in [2.45, 2.75) is 45.1 Å². The monoisotopic (exact) mass is 325 g/mol. The maximum absolute atomic E-state index is 12.7. The molecule has 1 fully saturated rings. The molecule has 2 aromatic heterocycles. The second kappa shape index (κ2) is 5.40. The lowest BCUT2D eigenvalue weighted by Crippen LogP contribution is -2.29. The van der Waals surface area contributed by atoms with Crippen molar-refractivity contribution < 1.29 is 4.79 Å². The SMILES string of the molecule is CC(C)(C)n1cc2c(n1)[C@H]1CN(C(=O)c3cnccn3)C[C@H]1CC2. The first-order valence-corrected chi connectivity index (χ1v) is 8.57. The summed E-state index contributed by atoms with van der Waals surface area (Å²) in [5.74, 6) is 0.828. The zero-order chi connectivity index (χ0) is 16.9. The van der Waals surface area contributed by atoms with Gasteiger partial charge < -0.3 is 4.90 Å². The summed E-state index contributed by atoms with van der Waals surface area (Å²) in [6.07, 6.45) is 9.08. The topological polar surface area (TPSA) is 63.9 Å². The molecule has 3 heterocycles. The Morgan fingerprint density at radius 3 is 2.79 bits per heavy atom. The van der Waals surface area contributed by atoms with Crippen LogP contribution in [0.5, 0.6) is 0 Å². The Morgan fingerprint density at radius 1 is 1.25 bits per heavy atom. The predicted octanol–water partition coefficient (Wildman–Crippen LogP) is 2.23. The summed E-state index contributed by atoms with van der Waals surface area (Å²) >= 11 is 0. The number of hydrogen-bond acceptors (Lipinski definition) is 4. The van der Waals surface area contributed by atoms with E-state index in [1.54, 1.807) is 18.6 Å². The molecule has 126 valence electrons. The number of aryl methyl sites for hydroxylation is 1.